The topological polar surface area (TPSA) is 91.7 Å². The maximum absolute atomic E-state index is 11.5. The Bertz CT molecular complexity index is 533. The maximum Gasteiger partial charge on any atom is 0.407 e. The molecule has 0 radical (unpaired) electrons. The normalized spacial score (nSPS) is 12.5. The van der Waals surface area contributed by atoms with Gasteiger partial charge in [0.05, 0.1) is 13.7 Å². The maximum atomic E-state index is 11.5. The van der Waals surface area contributed by atoms with Crippen LogP contribution in [0.3, 0.4) is 0 Å². The number of ether oxygens (including phenoxy) is 3. The minimum atomic E-state index is -0.550. The Kier molecular flexibility index (Phi) is 5.78. The fourth-order valence-electron chi connectivity index (χ4n) is 1.55. The van der Waals surface area contributed by atoms with Crippen LogP contribution in [0, 0.1) is 0 Å². The van der Waals surface area contributed by atoms with Crippen molar-refractivity contribution in [3.8, 4) is 5.88 Å². The van der Waals surface area contributed by atoms with Gasteiger partial charge in [0.25, 0.3) is 0 Å². The molecule has 1 aromatic rings. The van der Waals surface area contributed by atoms with E-state index in [2.05, 4.69) is 15.2 Å². The fourth-order valence-corrected chi connectivity index (χ4v) is 1.55. The molecule has 0 fully saturated rings. The number of methoxy groups -OCH3 is 1. The van der Waals surface area contributed by atoms with Crippen molar-refractivity contribution in [3.63, 3.8) is 0 Å². The molecule has 124 valence electrons. The Morgan fingerprint density at radius 3 is 2.59 bits per heavy atom. The molecule has 8 nitrogen and oxygen atoms in total. The largest absolute Gasteiger partial charge is 0.473 e. The van der Waals surface area contributed by atoms with Crippen molar-refractivity contribution in [1.29, 1.82) is 0 Å². The average Bonchev–Trinajstić information content (AvgIpc) is 2.75. The summed E-state index contributed by atoms with van der Waals surface area (Å²) < 4.78 is 16.8. The first-order chi connectivity index (χ1) is 10.1. The highest BCUT2D eigenvalue weighted by molar-refractivity contribution is 5.87. The second-order valence-electron chi connectivity index (χ2n) is 5.79. The number of carbonyl (C=O) groups is 2. The third kappa shape index (κ3) is 5.63. The third-order valence-corrected chi connectivity index (χ3v) is 2.49. The van der Waals surface area contributed by atoms with Crippen LogP contribution in [0.15, 0.2) is 6.07 Å². The van der Waals surface area contributed by atoms with Crippen LogP contribution in [-0.2, 0) is 16.5 Å². The number of carbonyl (C=O) groups excluding carboxylic acids is 2. The van der Waals surface area contributed by atoms with E-state index in [1.807, 2.05) is 0 Å². The Labute approximate surface area is 129 Å². The van der Waals surface area contributed by atoms with Crippen molar-refractivity contribution < 1.29 is 23.8 Å². The summed E-state index contributed by atoms with van der Waals surface area (Å²) in [7, 11) is 2.93. The Hall–Kier alpha value is -2.25. The minimum absolute atomic E-state index is 0.160. The number of rotatable bonds is 5. The molecule has 1 rings (SSSR count). The molecule has 0 spiro atoms. The van der Waals surface area contributed by atoms with Gasteiger partial charge in [-0.3, -0.25) is 0 Å². The quantitative estimate of drug-likeness (QED) is 0.828. The molecule has 22 heavy (non-hydrogen) atoms. The molecule has 0 saturated carbocycles. The molecule has 0 aliphatic rings. The van der Waals surface area contributed by atoms with Gasteiger partial charge < -0.3 is 19.5 Å². The van der Waals surface area contributed by atoms with E-state index in [9.17, 15) is 9.59 Å². The van der Waals surface area contributed by atoms with Crippen LogP contribution in [0.25, 0.3) is 0 Å². The highest BCUT2D eigenvalue weighted by Gasteiger charge is 2.18. The number of aryl methyl sites for hydroxylation is 1. The van der Waals surface area contributed by atoms with Crippen LogP contribution in [0.1, 0.15) is 38.2 Å². The number of hydrogen-bond acceptors (Lipinski definition) is 6. The lowest BCUT2D eigenvalue weighted by Crippen LogP contribution is -2.37. The molecule has 0 aliphatic carbocycles. The summed E-state index contributed by atoms with van der Waals surface area (Å²) in [5, 5.41) is 6.60. The third-order valence-electron chi connectivity index (χ3n) is 2.49. The van der Waals surface area contributed by atoms with Gasteiger partial charge in [-0.15, -0.1) is 0 Å². The highest BCUT2D eigenvalue weighted by Crippen LogP contribution is 2.14. The van der Waals surface area contributed by atoms with Gasteiger partial charge in [-0.2, -0.15) is 5.10 Å². The van der Waals surface area contributed by atoms with E-state index >= 15 is 0 Å². The van der Waals surface area contributed by atoms with Crippen molar-refractivity contribution in [2.24, 2.45) is 7.05 Å². The summed E-state index contributed by atoms with van der Waals surface area (Å²) >= 11 is 0. The molecule has 0 unspecified atom stereocenters. The van der Waals surface area contributed by atoms with Gasteiger partial charge in [0.15, 0.2) is 5.69 Å². The van der Waals surface area contributed by atoms with Crippen LogP contribution in [-0.4, -0.2) is 47.2 Å². The molecule has 1 amide bonds. The first-order valence-corrected chi connectivity index (χ1v) is 6.88. The van der Waals surface area contributed by atoms with E-state index in [-0.39, 0.29) is 18.3 Å². The molecule has 0 bridgehead atoms. The van der Waals surface area contributed by atoms with Gasteiger partial charge >= 0.3 is 12.1 Å². The zero-order valence-electron chi connectivity index (χ0n) is 13.8. The van der Waals surface area contributed by atoms with Crippen molar-refractivity contribution in [3.05, 3.63) is 11.8 Å². The molecule has 0 aliphatic heterocycles. The first-order valence-electron chi connectivity index (χ1n) is 6.88. The van der Waals surface area contributed by atoms with Crippen LogP contribution in [0.5, 0.6) is 5.88 Å². The highest BCUT2D eigenvalue weighted by atomic mass is 16.6. The molecular weight excluding hydrogens is 290 g/mol. The van der Waals surface area contributed by atoms with Crippen molar-refractivity contribution in [2.75, 3.05) is 13.7 Å². The number of nitrogens with zero attached hydrogens (tertiary/aromatic N) is 2. The number of amides is 1. The Morgan fingerprint density at radius 1 is 1.41 bits per heavy atom. The SMILES string of the molecule is COC(=O)c1cc(O[C@@H](C)CNC(=O)OC(C)(C)C)n(C)n1. The van der Waals surface area contributed by atoms with E-state index in [0.29, 0.717) is 5.88 Å². The molecule has 1 N–H and O–H groups in total. The summed E-state index contributed by atoms with van der Waals surface area (Å²) in [5.74, 6) is -0.135. The van der Waals surface area contributed by atoms with Crippen LogP contribution in [0.2, 0.25) is 0 Å². The average molecular weight is 313 g/mol. The van der Waals surface area contributed by atoms with E-state index in [1.165, 1.54) is 17.9 Å². The van der Waals surface area contributed by atoms with E-state index in [0.717, 1.165) is 0 Å². The number of hydrogen-bond donors (Lipinski definition) is 1. The lowest BCUT2D eigenvalue weighted by molar-refractivity contribution is 0.0502. The standard InChI is InChI=1S/C14H23N3O5/c1-9(8-15-13(19)22-14(2,3)4)21-11-7-10(12(18)20-6)16-17(11)5/h7,9H,8H2,1-6H3,(H,15,19)/t9-/m0/s1. The van der Waals surface area contributed by atoms with Gasteiger partial charge in [0, 0.05) is 13.1 Å². The van der Waals surface area contributed by atoms with Gasteiger partial charge in [0.2, 0.25) is 5.88 Å². The molecule has 1 aromatic heterocycles. The van der Waals surface area contributed by atoms with Crippen LogP contribution in [0.4, 0.5) is 4.79 Å². The number of aromatic nitrogens is 2. The molecule has 8 heteroatoms. The summed E-state index contributed by atoms with van der Waals surface area (Å²) in [6, 6.07) is 1.48. The second kappa shape index (κ2) is 7.15. The summed E-state index contributed by atoms with van der Waals surface area (Å²) in [6.07, 6.45) is -0.836. The Morgan fingerprint density at radius 2 is 2.05 bits per heavy atom. The zero-order valence-corrected chi connectivity index (χ0v) is 13.8. The monoisotopic (exact) mass is 313 g/mol. The van der Waals surface area contributed by atoms with E-state index in [1.54, 1.807) is 34.7 Å². The van der Waals surface area contributed by atoms with E-state index in [4.69, 9.17) is 9.47 Å². The second-order valence-corrected chi connectivity index (χ2v) is 5.79. The predicted octanol–water partition coefficient (Wildman–Crippen LogP) is 1.50. The Balaban J connectivity index is 2.52. The molecular formula is C14H23N3O5. The fraction of sp³-hybridized carbons (Fsp3) is 0.643. The minimum Gasteiger partial charge on any atom is -0.473 e. The predicted molar refractivity (Wildman–Crippen MR) is 78.9 cm³/mol. The summed E-state index contributed by atoms with van der Waals surface area (Å²) in [6.45, 7) is 7.40. The number of nitrogens with one attached hydrogen (secondary N) is 1. The van der Waals surface area contributed by atoms with Crippen molar-refractivity contribution >= 4 is 12.1 Å². The molecule has 1 atom stereocenters. The van der Waals surface area contributed by atoms with E-state index < -0.39 is 17.7 Å². The van der Waals surface area contributed by atoms with Gasteiger partial charge in [-0.1, -0.05) is 0 Å². The van der Waals surface area contributed by atoms with Crippen molar-refractivity contribution in [1.82, 2.24) is 15.1 Å². The van der Waals surface area contributed by atoms with Gasteiger partial charge in [0.1, 0.15) is 11.7 Å². The number of esters is 1. The zero-order chi connectivity index (χ0) is 16.9. The first kappa shape index (κ1) is 17.8. The molecule has 0 aromatic carbocycles. The molecule has 1 heterocycles. The lowest BCUT2D eigenvalue weighted by Gasteiger charge is -2.21. The molecule has 0 saturated heterocycles. The van der Waals surface area contributed by atoms with Gasteiger partial charge in [-0.25, -0.2) is 14.3 Å². The lowest BCUT2D eigenvalue weighted by atomic mass is 10.2. The van der Waals surface area contributed by atoms with Crippen LogP contribution >= 0.6 is 0 Å². The smallest absolute Gasteiger partial charge is 0.407 e. The number of alkyl carbamates (subject to hydrolysis) is 1. The van der Waals surface area contributed by atoms with Crippen molar-refractivity contribution in [2.45, 2.75) is 39.4 Å². The van der Waals surface area contributed by atoms with Gasteiger partial charge in [-0.05, 0) is 27.7 Å². The summed E-state index contributed by atoms with van der Waals surface area (Å²) in [4.78, 5) is 22.9. The van der Waals surface area contributed by atoms with Crippen LogP contribution < -0.4 is 10.1 Å². The summed E-state index contributed by atoms with van der Waals surface area (Å²) in [5.41, 5.74) is -0.390.